The second-order valence-corrected chi connectivity index (χ2v) is 8.01. The molecule has 2 unspecified atom stereocenters. The Morgan fingerprint density at radius 3 is 2.41 bits per heavy atom. The topological polar surface area (TPSA) is 90.5 Å². The average molecular weight is 370 g/mol. The summed E-state index contributed by atoms with van der Waals surface area (Å²) in [5.74, 6) is 0.766. The van der Waals surface area contributed by atoms with E-state index in [-0.39, 0.29) is 17.5 Å². The summed E-state index contributed by atoms with van der Waals surface area (Å²) in [4.78, 5) is 27.8. The lowest BCUT2D eigenvalue weighted by molar-refractivity contribution is -0.384. The van der Waals surface area contributed by atoms with E-state index in [0.29, 0.717) is 49.0 Å². The standard InChI is InChI=1S/C20H26N4O3/c1-14-9-15(2)13-23(12-14)18-4-3-17(10-19(18)24(26)27)20(25)22-7-5-16(11-21)6-8-22/h3-4,10,14-16H,5-9,12-13H2,1-2H3. The Balaban J connectivity index is 1.82. The first kappa shape index (κ1) is 19.2. The Morgan fingerprint density at radius 2 is 1.85 bits per heavy atom. The van der Waals surface area contributed by atoms with Gasteiger partial charge in [0, 0.05) is 43.7 Å². The van der Waals surface area contributed by atoms with Gasteiger partial charge >= 0.3 is 0 Å². The third-order valence-corrected chi connectivity index (χ3v) is 5.59. The van der Waals surface area contributed by atoms with Gasteiger partial charge in [0.2, 0.25) is 0 Å². The van der Waals surface area contributed by atoms with Crippen molar-refractivity contribution in [3.05, 3.63) is 33.9 Å². The molecule has 0 saturated carbocycles. The van der Waals surface area contributed by atoms with Gasteiger partial charge in [-0.1, -0.05) is 13.8 Å². The molecule has 0 aromatic heterocycles. The minimum absolute atomic E-state index is 0.00550. The first-order valence-electron chi connectivity index (χ1n) is 9.61. The molecule has 1 aromatic carbocycles. The summed E-state index contributed by atoms with van der Waals surface area (Å²) in [7, 11) is 0. The highest BCUT2D eigenvalue weighted by molar-refractivity contribution is 5.96. The maximum atomic E-state index is 12.8. The molecule has 2 heterocycles. The van der Waals surface area contributed by atoms with Gasteiger partial charge < -0.3 is 9.80 Å². The van der Waals surface area contributed by atoms with Gasteiger partial charge in [-0.2, -0.15) is 5.26 Å². The minimum atomic E-state index is -0.391. The monoisotopic (exact) mass is 370 g/mol. The Bertz CT molecular complexity index is 755. The molecule has 2 aliphatic rings. The van der Waals surface area contributed by atoms with Crippen LogP contribution in [-0.2, 0) is 0 Å². The molecule has 2 aliphatic heterocycles. The van der Waals surface area contributed by atoms with Crippen LogP contribution in [0.25, 0.3) is 0 Å². The Morgan fingerprint density at radius 1 is 1.22 bits per heavy atom. The fourth-order valence-electron chi connectivity index (χ4n) is 4.32. The first-order chi connectivity index (χ1) is 12.9. The molecule has 144 valence electrons. The van der Waals surface area contributed by atoms with Crippen molar-refractivity contribution in [3.8, 4) is 6.07 Å². The van der Waals surface area contributed by atoms with E-state index < -0.39 is 4.92 Å². The number of hydrogen-bond acceptors (Lipinski definition) is 5. The quantitative estimate of drug-likeness (QED) is 0.600. The van der Waals surface area contributed by atoms with E-state index in [4.69, 9.17) is 5.26 Å². The lowest BCUT2D eigenvalue weighted by Crippen LogP contribution is -2.39. The Hall–Kier alpha value is -2.62. The zero-order chi connectivity index (χ0) is 19.6. The fourth-order valence-corrected chi connectivity index (χ4v) is 4.32. The van der Waals surface area contributed by atoms with Gasteiger partial charge in [0.05, 0.1) is 11.0 Å². The largest absolute Gasteiger partial charge is 0.365 e. The van der Waals surface area contributed by atoms with Crippen molar-refractivity contribution in [2.75, 3.05) is 31.1 Å². The maximum absolute atomic E-state index is 12.8. The van der Waals surface area contributed by atoms with Gasteiger partial charge in [-0.25, -0.2) is 0 Å². The predicted molar refractivity (Wildman–Crippen MR) is 102 cm³/mol. The van der Waals surface area contributed by atoms with Crippen LogP contribution in [0.15, 0.2) is 18.2 Å². The van der Waals surface area contributed by atoms with Crippen molar-refractivity contribution in [2.45, 2.75) is 33.1 Å². The van der Waals surface area contributed by atoms with Gasteiger partial charge in [0.1, 0.15) is 5.69 Å². The fraction of sp³-hybridized carbons (Fsp3) is 0.600. The van der Waals surface area contributed by atoms with Crippen LogP contribution in [0.4, 0.5) is 11.4 Å². The molecule has 1 amide bonds. The number of anilines is 1. The number of likely N-dealkylation sites (tertiary alicyclic amines) is 1. The minimum Gasteiger partial charge on any atom is -0.365 e. The molecular weight excluding hydrogens is 344 g/mol. The number of nitrogens with zero attached hydrogens (tertiary/aromatic N) is 4. The highest BCUT2D eigenvalue weighted by Gasteiger charge is 2.29. The SMILES string of the molecule is CC1CC(C)CN(c2ccc(C(=O)N3CCC(C#N)CC3)cc2[N+](=O)[O-])C1. The summed E-state index contributed by atoms with van der Waals surface area (Å²) >= 11 is 0. The number of nitriles is 1. The zero-order valence-electron chi connectivity index (χ0n) is 15.9. The van der Waals surface area contributed by atoms with Crippen LogP contribution in [-0.4, -0.2) is 41.9 Å². The van der Waals surface area contributed by atoms with Crippen LogP contribution < -0.4 is 4.90 Å². The van der Waals surface area contributed by atoms with Gasteiger partial charge in [-0.15, -0.1) is 0 Å². The molecule has 7 nitrogen and oxygen atoms in total. The van der Waals surface area contributed by atoms with E-state index >= 15 is 0 Å². The number of nitro benzene ring substituents is 1. The van der Waals surface area contributed by atoms with Gasteiger partial charge in [0.25, 0.3) is 11.6 Å². The normalized spacial score (nSPS) is 23.7. The molecule has 0 aliphatic carbocycles. The van der Waals surface area contributed by atoms with Crippen molar-refractivity contribution >= 4 is 17.3 Å². The Labute approximate surface area is 159 Å². The van der Waals surface area contributed by atoms with E-state index in [9.17, 15) is 14.9 Å². The van der Waals surface area contributed by atoms with E-state index in [0.717, 1.165) is 19.5 Å². The van der Waals surface area contributed by atoms with Gasteiger partial charge in [-0.05, 0) is 43.2 Å². The van der Waals surface area contributed by atoms with Crippen molar-refractivity contribution in [1.82, 2.24) is 4.90 Å². The second-order valence-electron chi connectivity index (χ2n) is 8.01. The summed E-state index contributed by atoms with van der Waals surface area (Å²) < 4.78 is 0. The molecule has 2 saturated heterocycles. The highest BCUT2D eigenvalue weighted by atomic mass is 16.6. The van der Waals surface area contributed by atoms with Crippen LogP contribution >= 0.6 is 0 Å². The summed E-state index contributed by atoms with van der Waals surface area (Å²) in [6.45, 7) is 6.95. The van der Waals surface area contributed by atoms with Crippen LogP contribution in [0.2, 0.25) is 0 Å². The molecule has 0 spiro atoms. The van der Waals surface area contributed by atoms with E-state index in [1.165, 1.54) is 6.07 Å². The van der Waals surface area contributed by atoms with Crippen molar-refractivity contribution in [1.29, 1.82) is 5.26 Å². The van der Waals surface area contributed by atoms with Crippen molar-refractivity contribution in [3.63, 3.8) is 0 Å². The number of benzene rings is 1. The van der Waals surface area contributed by atoms with E-state index in [1.807, 2.05) is 0 Å². The predicted octanol–water partition coefficient (Wildman–Crippen LogP) is 3.45. The molecule has 27 heavy (non-hydrogen) atoms. The molecule has 7 heteroatoms. The Kier molecular flexibility index (Phi) is 5.64. The summed E-state index contributed by atoms with van der Waals surface area (Å²) in [6, 6.07) is 7.08. The lowest BCUT2D eigenvalue weighted by atomic mass is 9.91. The maximum Gasteiger partial charge on any atom is 0.293 e. The number of hydrogen-bond donors (Lipinski definition) is 0. The van der Waals surface area contributed by atoms with E-state index in [2.05, 4.69) is 24.8 Å². The van der Waals surface area contributed by atoms with Gasteiger partial charge in [-0.3, -0.25) is 14.9 Å². The second kappa shape index (κ2) is 7.95. The van der Waals surface area contributed by atoms with Crippen molar-refractivity contribution in [2.24, 2.45) is 17.8 Å². The summed E-state index contributed by atoms with van der Waals surface area (Å²) in [5, 5.41) is 20.7. The average Bonchev–Trinajstić information content (AvgIpc) is 2.66. The lowest BCUT2D eigenvalue weighted by Gasteiger charge is -2.36. The van der Waals surface area contributed by atoms with Crippen molar-refractivity contribution < 1.29 is 9.72 Å². The van der Waals surface area contributed by atoms with E-state index in [1.54, 1.807) is 17.0 Å². The first-order valence-corrected chi connectivity index (χ1v) is 9.61. The number of nitro groups is 1. The zero-order valence-corrected chi connectivity index (χ0v) is 15.9. The number of amides is 1. The summed E-state index contributed by atoms with van der Waals surface area (Å²) in [5.41, 5.74) is 0.936. The van der Waals surface area contributed by atoms with Crippen LogP contribution in [0.1, 0.15) is 43.5 Å². The number of piperidine rings is 2. The molecule has 1 aromatic rings. The van der Waals surface area contributed by atoms with Crippen LogP contribution in [0, 0.1) is 39.2 Å². The third-order valence-electron chi connectivity index (χ3n) is 5.59. The molecule has 2 fully saturated rings. The molecule has 3 rings (SSSR count). The number of rotatable bonds is 3. The summed E-state index contributed by atoms with van der Waals surface area (Å²) in [6.07, 6.45) is 2.44. The smallest absolute Gasteiger partial charge is 0.293 e. The molecular formula is C20H26N4O3. The molecule has 0 radical (unpaired) electrons. The molecule has 0 bridgehead atoms. The van der Waals surface area contributed by atoms with Crippen LogP contribution in [0.5, 0.6) is 0 Å². The molecule has 0 N–H and O–H groups in total. The number of carbonyl (C=O) groups is 1. The molecule has 2 atom stereocenters. The van der Waals surface area contributed by atoms with Gasteiger partial charge in [0.15, 0.2) is 0 Å². The van der Waals surface area contributed by atoms with Crippen LogP contribution in [0.3, 0.4) is 0 Å². The number of carbonyl (C=O) groups excluding carboxylic acids is 1. The highest BCUT2D eigenvalue weighted by Crippen LogP contribution is 2.34. The third kappa shape index (κ3) is 4.21.